The first kappa shape index (κ1) is 24.1. The zero-order valence-corrected chi connectivity index (χ0v) is 19.1. The molecule has 10 heteroatoms. The van der Waals surface area contributed by atoms with Crippen LogP contribution < -0.4 is 14.9 Å². The molecule has 0 atom stereocenters. The number of sulfonamides is 1. The summed E-state index contributed by atoms with van der Waals surface area (Å²) in [5.41, 5.74) is 4.35. The number of ether oxygens (including phenoxy) is 1. The fourth-order valence-corrected chi connectivity index (χ4v) is 3.66. The van der Waals surface area contributed by atoms with Gasteiger partial charge in [-0.1, -0.05) is 29.3 Å². The molecule has 0 saturated heterocycles. The number of nitrogens with zero attached hydrogens (tertiary/aromatic N) is 1. The molecule has 0 aromatic heterocycles. The highest BCUT2D eigenvalue weighted by Gasteiger charge is 2.15. The fourth-order valence-electron chi connectivity index (χ4n) is 2.55. The Morgan fingerprint density at radius 3 is 2.24 bits per heavy atom. The van der Waals surface area contributed by atoms with Crippen LogP contribution in [0.25, 0.3) is 0 Å². The average molecular weight is 486 g/mol. The predicted octanol–water partition coefficient (Wildman–Crippen LogP) is 3.30. The molecule has 0 aliphatic heterocycles. The Bertz CT molecular complexity index is 1260. The van der Waals surface area contributed by atoms with Crippen molar-refractivity contribution in [2.75, 3.05) is 6.54 Å². The largest absolute Gasteiger partial charge is 0.423 e. The van der Waals surface area contributed by atoms with Crippen LogP contribution in [-0.2, 0) is 14.8 Å². The first-order chi connectivity index (χ1) is 15.7. The van der Waals surface area contributed by atoms with Gasteiger partial charge in [0.25, 0.3) is 5.91 Å². The highest BCUT2D eigenvalue weighted by Crippen LogP contribution is 2.15. The molecule has 0 heterocycles. The number of hydrogen-bond donors (Lipinski definition) is 2. The number of aryl methyl sites for hydroxylation is 1. The Morgan fingerprint density at radius 2 is 1.61 bits per heavy atom. The summed E-state index contributed by atoms with van der Waals surface area (Å²) in [6.45, 7) is 1.44. The van der Waals surface area contributed by atoms with E-state index in [0.717, 1.165) is 5.56 Å². The van der Waals surface area contributed by atoms with Crippen molar-refractivity contribution in [3.63, 3.8) is 0 Å². The van der Waals surface area contributed by atoms with Crippen LogP contribution in [0.4, 0.5) is 0 Å². The van der Waals surface area contributed by atoms with Crippen molar-refractivity contribution < 1.29 is 22.7 Å². The molecule has 0 aliphatic rings. The Kier molecular flexibility index (Phi) is 7.94. The van der Waals surface area contributed by atoms with Crippen molar-refractivity contribution in [3.05, 3.63) is 94.5 Å². The quantitative estimate of drug-likeness (QED) is 0.220. The van der Waals surface area contributed by atoms with Crippen LogP contribution in [0.5, 0.6) is 5.75 Å². The predicted molar refractivity (Wildman–Crippen MR) is 125 cm³/mol. The summed E-state index contributed by atoms with van der Waals surface area (Å²) >= 11 is 5.74. The second kappa shape index (κ2) is 10.9. The molecule has 3 aromatic rings. The fraction of sp³-hybridized carbons (Fsp3) is 0.0870. The third kappa shape index (κ3) is 7.25. The highest BCUT2D eigenvalue weighted by atomic mass is 35.5. The van der Waals surface area contributed by atoms with Gasteiger partial charge in [-0.05, 0) is 73.2 Å². The second-order valence-corrected chi connectivity index (χ2v) is 9.10. The molecular weight excluding hydrogens is 466 g/mol. The van der Waals surface area contributed by atoms with Gasteiger partial charge in [0.15, 0.2) is 0 Å². The van der Waals surface area contributed by atoms with Gasteiger partial charge in [0.2, 0.25) is 10.0 Å². The molecule has 1 amide bonds. The van der Waals surface area contributed by atoms with Gasteiger partial charge in [-0.25, -0.2) is 23.4 Å². The van der Waals surface area contributed by atoms with Crippen molar-refractivity contribution in [2.24, 2.45) is 5.10 Å². The lowest BCUT2D eigenvalue weighted by atomic mass is 10.1. The van der Waals surface area contributed by atoms with Crippen LogP contribution in [0.15, 0.2) is 82.8 Å². The molecule has 8 nitrogen and oxygen atoms in total. The van der Waals surface area contributed by atoms with E-state index in [2.05, 4.69) is 15.2 Å². The number of amides is 1. The standard InChI is InChI=1S/C23H20ClN3O5S/c1-16-2-6-18(7-3-16)23(29)32-20-10-4-17(5-11-20)14-25-27-22(28)15-26-33(30,31)21-12-8-19(24)9-13-21/h2-14,26H,15H2,1H3,(H,27,28)/b25-14-. The SMILES string of the molecule is Cc1ccc(C(=O)Oc2ccc(/C=N\NC(=O)CNS(=O)(=O)c3ccc(Cl)cc3)cc2)cc1. The lowest BCUT2D eigenvalue weighted by molar-refractivity contribution is -0.119. The zero-order chi connectivity index (χ0) is 23.8. The molecule has 0 aliphatic carbocycles. The van der Waals surface area contributed by atoms with Crippen LogP contribution in [0.3, 0.4) is 0 Å². The van der Waals surface area contributed by atoms with Gasteiger partial charge in [0.1, 0.15) is 5.75 Å². The normalized spacial score (nSPS) is 11.3. The molecule has 0 unspecified atom stereocenters. The smallest absolute Gasteiger partial charge is 0.343 e. The van der Waals surface area contributed by atoms with Crippen molar-refractivity contribution >= 4 is 39.7 Å². The van der Waals surface area contributed by atoms with Gasteiger partial charge in [-0.15, -0.1) is 0 Å². The number of hydrogen-bond acceptors (Lipinski definition) is 6. The first-order valence-electron chi connectivity index (χ1n) is 9.69. The van der Waals surface area contributed by atoms with Crippen LogP contribution >= 0.6 is 11.6 Å². The van der Waals surface area contributed by atoms with E-state index in [1.54, 1.807) is 36.4 Å². The van der Waals surface area contributed by atoms with Crippen molar-refractivity contribution in [2.45, 2.75) is 11.8 Å². The number of esters is 1. The van der Waals surface area contributed by atoms with E-state index in [1.165, 1.54) is 30.5 Å². The third-order valence-electron chi connectivity index (χ3n) is 4.33. The molecule has 3 rings (SSSR count). The first-order valence-corrected chi connectivity index (χ1v) is 11.5. The van der Waals surface area contributed by atoms with E-state index in [-0.39, 0.29) is 4.90 Å². The molecule has 3 aromatic carbocycles. The molecular formula is C23H20ClN3O5S. The second-order valence-electron chi connectivity index (χ2n) is 6.90. The van der Waals surface area contributed by atoms with E-state index < -0.39 is 28.4 Å². The number of rotatable bonds is 8. The lowest BCUT2D eigenvalue weighted by Gasteiger charge is -2.06. The van der Waals surface area contributed by atoms with E-state index in [4.69, 9.17) is 16.3 Å². The minimum atomic E-state index is -3.85. The average Bonchev–Trinajstić information content (AvgIpc) is 2.80. The maximum absolute atomic E-state index is 12.1. The van der Waals surface area contributed by atoms with Crippen molar-refractivity contribution in [1.82, 2.24) is 10.1 Å². The molecule has 2 N–H and O–H groups in total. The molecule has 170 valence electrons. The van der Waals surface area contributed by atoms with Crippen LogP contribution in [0, 0.1) is 6.92 Å². The van der Waals surface area contributed by atoms with E-state index >= 15 is 0 Å². The van der Waals surface area contributed by atoms with Gasteiger partial charge in [0, 0.05) is 5.02 Å². The van der Waals surface area contributed by atoms with E-state index in [9.17, 15) is 18.0 Å². The molecule has 0 spiro atoms. The number of carbonyl (C=O) groups excluding carboxylic acids is 2. The molecule has 0 radical (unpaired) electrons. The van der Waals surface area contributed by atoms with Crippen LogP contribution in [0.2, 0.25) is 5.02 Å². The van der Waals surface area contributed by atoms with Gasteiger partial charge in [-0.3, -0.25) is 4.79 Å². The topological polar surface area (TPSA) is 114 Å². The van der Waals surface area contributed by atoms with Crippen molar-refractivity contribution in [3.8, 4) is 5.75 Å². The number of carbonyl (C=O) groups is 2. The summed E-state index contributed by atoms with van der Waals surface area (Å²) in [6, 6.07) is 19.1. The summed E-state index contributed by atoms with van der Waals surface area (Å²) in [4.78, 5) is 24.0. The van der Waals surface area contributed by atoms with Gasteiger partial charge in [0.05, 0.1) is 23.2 Å². The Hall–Kier alpha value is -3.53. The molecule has 33 heavy (non-hydrogen) atoms. The van der Waals surface area contributed by atoms with Crippen LogP contribution in [0.1, 0.15) is 21.5 Å². The minimum absolute atomic E-state index is 0.00799. The van der Waals surface area contributed by atoms with Gasteiger partial charge >= 0.3 is 5.97 Å². The maximum atomic E-state index is 12.1. The Balaban J connectivity index is 1.47. The molecule has 0 fully saturated rings. The summed E-state index contributed by atoms with van der Waals surface area (Å²) in [5.74, 6) is -0.754. The van der Waals surface area contributed by atoms with Gasteiger partial charge < -0.3 is 4.74 Å². The maximum Gasteiger partial charge on any atom is 0.343 e. The number of hydrazone groups is 1. The van der Waals surface area contributed by atoms with Crippen LogP contribution in [-0.4, -0.2) is 33.1 Å². The Labute approximate surface area is 196 Å². The van der Waals surface area contributed by atoms with E-state index in [1.807, 2.05) is 19.1 Å². The van der Waals surface area contributed by atoms with Gasteiger partial charge in [-0.2, -0.15) is 5.10 Å². The molecule has 0 saturated carbocycles. The summed E-state index contributed by atoms with van der Waals surface area (Å²) in [5, 5.41) is 4.19. The summed E-state index contributed by atoms with van der Waals surface area (Å²) in [7, 11) is -3.85. The highest BCUT2D eigenvalue weighted by molar-refractivity contribution is 7.89. The van der Waals surface area contributed by atoms with E-state index in [0.29, 0.717) is 21.9 Å². The third-order valence-corrected chi connectivity index (χ3v) is 6.00. The summed E-state index contributed by atoms with van der Waals surface area (Å²) in [6.07, 6.45) is 1.37. The Morgan fingerprint density at radius 1 is 0.970 bits per heavy atom. The molecule has 0 bridgehead atoms. The number of benzene rings is 3. The minimum Gasteiger partial charge on any atom is -0.423 e. The summed E-state index contributed by atoms with van der Waals surface area (Å²) < 4.78 is 31.8. The lowest BCUT2D eigenvalue weighted by Crippen LogP contribution is -2.34. The number of halogens is 1. The zero-order valence-electron chi connectivity index (χ0n) is 17.5. The number of nitrogens with one attached hydrogen (secondary N) is 2. The van der Waals surface area contributed by atoms with Crippen molar-refractivity contribution in [1.29, 1.82) is 0 Å². The monoisotopic (exact) mass is 485 g/mol.